The molecule has 4 aromatic rings. The summed E-state index contributed by atoms with van der Waals surface area (Å²) in [6.45, 7) is 2.86. The van der Waals surface area contributed by atoms with E-state index in [1.165, 1.54) is 12.0 Å². The molecule has 1 saturated heterocycles. The van der Waals surface area contributed by atoms with E-state index in [0.29, 0.717) is 24.5 Å². The molecule has 4 heterocycles. The number of hydrogen-bond donors (Lipinski definition) is 2. The Kier molecular flexibility index (Phi) is 5.81. The molecule has 35 heavy (non-hydrogen) atoms. The SMILES string of the molecule is COC(=O)N1CCO[C@@H](Cc2c(-c3c(F)cc(-c4n[nH]c(=O)[nH]4)cc3F)nc3cc(C)ccn23)C1. The number of halogens is 2. The molecule has 5 rings (SSSR count). The van der Waals surface area contributed by atoms with Crippen LogP contribution in [0.5, 0.6) is 0 Å². The number of fused-ring (bicyclic) bond motifs is 1. The molecule has 3 aromatic heterocycles. The summed E-state index contributed by atoms with van der Waals surface area (Å²) in [5, 5.41) is 5.91. The number of rotatable bonds is 4. The minimum Gasteiger partial charge on any atom is -0.453 e. The van der Waals surface area contributed by atoms with E-state index in [1.54, 1.807) is 10.6 Å². The Labute approximate surface area is 197 Å². The Balaban J connectivity index is 1.59. The minimum atomic E-state index is -0.856. The van der Waals surface area contributed by atoms with Gasteiger partial charge in [0.2, 0.25) is 0 Å². The number of aryl methyl sites for hydroxylation is 1. The molecule has 0 radical (unpaired) electrons. The number of morpholine rings is 1. The number of nitrogens with zero attached hydrogens (tertiary/aromatic N) is 4. The van der Waals surface area contributed by atoms with Gasteiger partial charge in [-0.3, -0.25) is 4.98 Å². The lowest BCUT2D eigenvalue weighted by Gasteiger charge is -2.32. The van der Waals surface area contributed by atoms with Crippen LogP contribution in [0.4, 0.5) is 13.6 Å². The number of hydrogen-bond acceptors (Lipinski definition) is 6. The lowest BCUT2D eigenvalue weighted by Crippen LogP contribution is -2.46. The smallest absolute Gasteiger partial charge is 0.409 e. The molecule has 0 bridgehead atoms. The highest BCUT2D eigenvalue weighted by Crippen LogP contribution is 2.33. The lowest BCUT2D eigenvalue weighted by atomic mass is 10.0. The number of benzene rings is 1. The third-order valence-corrected chi connectivity index (χ3v) is 5.93. The van der Waals surface area contributed by atoms with Crippen molar-refractivity contribution in [3.63, 3.8) is 0 Å². The summed E-state index contributed by atoms with van der Waals surface area (Å²) < 4.78 is 43.1. The van der Waals surface area contributed by atoms with Gasteiger partial charge >= 0.3 is 11.8 Å². The van der Waals surface area contributed by atoms with Crippen molar-refractivity contribution in [2.45, 2.75) is 19.4 Å². The van der Waals surface area contributed by atoms with Crippen LogP contribution in [-0.2, 0) is 15.9 Å². The van der Waals surface area contributed by atoms with Gasteiger partial charge in [0.1, 0.15) is 17.3 Å². The summed E-state index contributed by atoms with van der Waals surface area (Å²) in [5.74, 6) is -1.69. The van der Waals surface area contributed by atoms with Gasteiger partial charge < -0.3 is 18.8 Å². The van der Waals surface area contributed by atoms with E-state index < -0.39 is 29.5 Å². The van der Waals surface area contributed by atoms with E-state index >= 15 is 8.78 Å². The van der Waals surface area contributed by atoms with Crippen LogP contribution in [0.3, 0.4) is 0 Å². The average Bonchev–Trinajstić information content (AvgIpc) is 3.41. The fourth-order valence-corrected chi connectivity index (χ4v) is 4.29. The summed E-state index contributed by atoms with van der Waals surface area (Å²) in [7, 11) is 1.31. The Morgan fingerprint density at radius 2 is 2.06 bits per heavy atom. The molecule has 1 fully saturated rings. The van der Waals surface area contributed by atoms with Gasteiger partial charge in [-0.2, -0.15) is 5.10 Å². The number of H-pyrrole nitrogens is 2. The van der Waals surface area contributed by atoms with Crippen LogP contribution in [0, 0.1) is 18.6 Å². The van der Waals surface area contributed by atoms with Crippen LogP contribution in [0.1, 0.15) is 11.3 Å². The van der Waals surface area contributed by atoms with Crippen molar-refractivity contribution in [3.8, 4) is 22.6 Å². The Bertz CT molecular complexity index is 1450. The molecule has 0 aliphatic carbocycles. The van der Waals surface area contributed by atoms with Crippen LogP contribution < -0.4 is 5.69 Å². The number of carbonyl (C=O) groups excluding carboxylic acids is 1. The molecular weight excluding hydrogens is 462 g/mol. The maximum Gasteiger partial charge on any atom is 0.409 e. The quantitative estimate of drug-likeness (QED) is 0.460. The second-order valence-electron chi connectivity index (χ2n) is 8.29. The summed E-state index contributed by atoms with van der Waals surface area (Å²) in [5.41, 5.74) is 1.31. The topological polar surface area (TPSA) is 118 Å². The highest BCUT2D eigenvalue weighted by Gasteiger charge is 2.29. The first-order valence-corrected chi connectivity index (χ1v) is 10.9. The molecule has 1 aromatic carbocycles. The van der Waals surface area contributed by atoms with Crippen molar-refractivity contribution >= 4 is 11.7 Å². The molecule has 12 heteroatoms. The molecule has 1 aliphatic heterocycles. The minimum absolute atomic E-state index is 0.0173. The molecule has 0 unspecified atom stereocenters. The second-order valence-corrected chi connectivity index (χ2v) is 8.29. The van der Waals surface area contributed by atoms with Crippen LogP contribution in [0.25, 0.3) is 28.3 Å². The predicted molar refractivity (Wildman–Crippen MR) is 121 cm³/mol. The van der Waals surface area contributed by atoms with Crippen molar-refractivity contribution in [3.05, 3.63) is 63.8 Å². The number of methoxy groups -OCH3 is 1. The third-order valence-electron chi connectivity index (χ3n) is 5.93. The van der Waals surface area contributed by atoms with Gasteiger partial charge in [0.25, 0.3) is 0 Å². The normalized spacial score (nSPS) is 16.1. The number of pyridine rings is 1. The first kappa shape index (κ1) is 22.7. The molecule has 0 spiro atoms. The second kappa shape index (κ2) is 8.95. The zero-order chi connectivity index (χ0) is 24.7. The summed E-state index contributed by atoms with van der Waals surface area (Å²) in [6, 6.07) is 5.88. The number of imidazole rings is 1. The first-order chi connectivity index (χ1) is 16.8. The van der Waals surface area contributed by atoms with Gasteiger partial charge in [-0.25, -0.2) is 28.5 Å². The van der Waals surface area contributed by atoms with Crippen molar-refractivity contribution < 1.29 is 23.0 Å². The summed E-state index contributed by atoms with van der Waals surface area (Å²) in [6.07, 6.45) is 1.15. The zero-order valence-electron chi connectivity index (χ0n) is 19.0. The third kappa shape index (κ3) is 4.28. The first-order valence-electron chi connectivity index (χ1n) is 10.9. The molecule has 1 aliphatic rings. The number of nitrogens with one attached hydrogen (secondary N) is 2. The van der Waals surface area contributed by atoms with Gasteiger partial charge in [0, 0.05) is 24.7 Å². The van der Waals surface area contributed by atoms with Gasteiger partial charge in [0.05, 0.1) is 43.3 Å². The van der Waals surface area contributed by atoms with Crippen molar-refractivity contribution in [1.29, 1.82) is 0 Å². The molecule has 2 N–H and O–H groups in total. The van der Waals surface area contributed by atoms with E-state index in [1.807, 2.05) is 19.1 Å². The number of ether oxygens (including phenoxy) is 2. The highest BCUT2D eigenvalue weighted by molar-refractivity contribution is 5.71. The molecule has 182 valence electrons. The van der Waals surface area contributed by atoms with E-state index in [2.05, 4.69) is 20.2 Å². The molecule has 1 atom stereocenters. The fourth-order valence-electron chi connectivity index (χ4n) is 4.29. The predicted octanol–water partition coefficient (Wildman–Crippen LogP) is 2.68. The van der Waals surface area contributed by atoms with E-state index in [9.17, 15) is 9.59 Å². The van der Waals surface area contributed by atoms with Crippen LogP contribution in [0.2, 0.25) is 0 Å². The summed E-state index contributed by atoms with van der Waals surface area (Å²) in [4.78, 5) is 31.8. The monoisotopic (exact) mass is 484 g/mol. The van der Waals surface area contributed by atoms with Crippen molar-refractivity contribution in [2.75, 3.05) is 26.8 Å². The van der Waals surface area contributed by atoms with Crippen LogP contribution in [-0.4, -0.2) is 68.5 Å². The number of aromatic amines is 2. The van der Waals surface area contributed by atoms with Gasteiger partial charge in [-0.05, 0) is 36.8 Å². The maximum atomic E-state index is 15.3. The number of aromatic nitrogens is 5. The Hall–Kier alpha value is -4.06. The molecule has 1 amide bonds. The van der Waals surface area contributed by atoms with Gasteiger partial charge in [-0.15, -0.1) is 0 Å². The van der Waals surface area contributed by atoms with Gasteiger partial charge in [0.15, 0.2) is 5.82 Å². The van der Waals surface area contributed by atoms with E-state index in [-0.39, 0.29) is 35.6 Å². The van der Waals surface area contributed by atoms with Gasteiger partial charge in [-0.1, -0.05) is 0 Å². The molecule has 10 nitrogen and oxygen atoms in total. The van der Waals surface area contributed by atoms with E-state index in [4.69, 9.17) is 9.47 Å². The van der Waals surface area contributed by atoms with Crippen molar-refractivity contribution in [2.24, 2.45) is 0 Å². The largest absolute Gasteiger partial charge is 0.453 e. The van der Waals surface area contributed by atoms with Crippen LogP contribution in [0.15, 0.2) is 35.3 Å². The lowest BCUT2D eigenvalue weighted by molar-refractivity contribution is -0.0241. The Morgan fingerprint density at radius 1 is 1.29 bits per heavy atom. The Morgan fingerprint density at radius 3 is 2.74 bits per heavy atom. The number of amides is 1. The maximum absolute atomic E-state index is 15.3. The summed E-state index contributed by atoms with van der Waals surface area (Å²) >= 11 is 0. The number of carbonyl (C=O) groups is 1. The fraction of sp³-hybridized carbons (Fsp3) is 0.304. The average molecular weight is 484 g/mol. The van der Waals surface area contributed by atoms with E-state index in [0.717, 1.165) is 17.7 Å². The zero-order valence-corrected chi connectivity index (χ0v) is 19.0. The molecular formula is C23H22F2N6O4. The van der Waals surface area contributed by atoms with Crippen molar-refractivity contribution in [1.82, 2.24) is 29.5 Å². The van der Waals surface area contributed by atoms with Crippen LogP contribution >= 0.6 is 0 Å². The standard InChI is InChI=1S/C23H22F2N6O4/c1-12-3-4-31-17(10-14-11-30(5-6-35-14)23(33)34-2)20(26-18(31)7-12)19-15(24)8-13(9-16(19)25)21-27-22(32)29-28-21/h3-4,7-9,14H,5-6,10-11H2,1-2H3,(H2,27,28,29,32)/t14-/m0/s1. The molecule has 0 saturated carbocycles. The highest BCUT2D eigenvalue weighted by atomic mass is 19.1.